The second-order valence-corrected chi connectivity index (χ2v) is 3.53. The summed E-state index contributed by atoms with van der Waals surface area (Å²) in [5, 5.41) is 5.40. The fraction of sp³-hybridized carbons (Fsp3) is 0.778. The smallest absolute Gasteiger partial charge is 0.243 e. The topological polar surface area (TPSA) is 67.4 Å². The molecule has 1 saturated heterocycles. The average molecular weight is 200 g/mol. The van der Waals surface area contributed by atoms with Crippen molar-refractivity contribution in [1.82, 2.24) is 10.6 Å². The molecule has 14 heavy (non-hydrogen) atoms. The van der Waals surface area contributed by atoms with E-state index in [0.29, 0.717) is 19.4 Å². The van der Waals surface area contributed by atoms with Gasteiger partial charge in [0.05, 0.1) is 12.6 Å². The van der Waals surface area contributed by atoms with Gasteiger partial charge < -0.3 is 10.1 Å². The lowest BCUT2D eigenvalue weighted by atomic mass is 10.1. The minimum absolute atomic E-state index is 0.115. The van der Waals surface area contributed by atoms with Crippen LogP contribution in [0.15, 0.2) is 0 Å². The number of methoxy groups -OCH3 is 1. The van der Waals surface area contributed by atoms with Crippen molar-refractivity contribution in [2.45, 2.75) is 31.8 Å². The molecule has 0 saturated carbocycles. The summed E-state index contributed by atoms with van der Waals surface area (Å²) in [4.78, 5) is 22.2. The molecule has 1 heterocycles. The van der Waals surface area contributed by atoms with Crippen LogP contribution >= 0.6 is 0 Å². The van der Waals surface area contributed by atoms with E-state index in [2.05, 4.69) is 10.6 Å². The molecular formula is C9H16N2O3. The Morgan fingerprint density at radius 1 is 1.64 bits per heavy atom. The summed E-state index contributed by atoms with van der Waals surface area (Å²) < 4.78 is 4.94. The van der Waals surface area contributed by atoms with Crippen LogP contribution in [0.5, 0.6) is 0 Å². The van der Waals surface area contributed by atoms with E-state index >= 15 is 0 Å². The Morgan fingerprint density at radius 3 is 2.93 bits per heavy atom. The van der Waals surface area contributed by atoms with Gasteiger partial charge in [0.1, 0.15) is 0 Å². The summed E-state index contributed by atoms with van der Waals surface area (Å²) in [6.07, 6.45) is 0.974. The third-order valence-electron chi connectivity index (χ3n) is 2.14. The lowest BCUT2D eigenvalue weighted by Gasteiger charge is -2.25. The first-order chi connectivity index (χ1) is 6.63. The predicted molar refractivity (Wildman–Crippen MR) is 50.6 cm³/mol. The molecule has 0 bridgehead atoms. The van der Waals surface area contributed by atoms with Crippen molar-refractivity contribution in [1.29, 1.82) is 0 Å². The molecule has 2 amide bonds. The van der Waals surface area contributed by atoms with E-state index in [1.165, 1.54) is 0 Å². The number of amides is 2. The van der Waals surface area contributed by atoms with Gasteiger partial charge in [0, 0.05) is 19.6 Å². The molecule has 2 unspecified atom stereocenters. The number of hydrogen-bond acceptors (Lipinski definition) is 4. The van der Waals surface area contributed by atoms with Crippen LogP contribution in [0.2, 0.25) is 0 Å². The third kappa shape index (κ3) is 3.08. The second-order valence-electron chi connectivity index (χ2n) is 3.53. The molecule has 0 aromatic heterocycles. The summed E-state index contributed by atoms with van der Waals surface area (Å²) >= 11 is 0. The average Bonchev–Trinajstić information content (AvgIpc) is 2.10. The highest BCUT2D eigenvalue weighted by atomic mass is 16.5. The number of carbonyl (C=O) groups is 2. The molecule has 2 N–H and O–H groups in total. The summed E-state index contributed by atoms with van der Waals surface area (Å²) in [5.41, 5.74) is 0. The molecule has 0 aliphatic carbocycles. The molecule has 1 aliphatic rings. The maximum Gasteiger partial charge on any atom is 0.243 e. The van der Waals surface area contributed by atoms with Crippen molar-refractivity contribution < 1.29 is 14.3 Å². The Kier molecular flexibility index (Phi) is 4.03. The van der Waals surface area contributed by atoms with Gasteiger partial charge in [-0.2, -0.15) is 0 Å². The van der Waals surface area contributed by atoms with Gasteiger partial charge in [-0.15, -0.1) is 0 Å². The van der Waals surface area contributed by atoms with Crippen LogP contribution in [0.4, 0.5) is 0 Å². The maximum absolute atomic E-state index is 11.3. The molecule has 0 radical (unpaired) electrons. The number of ether oxygens (including phenoxy) is 1. The molecule has 80 valence electrons. The van der Waals surface area contributed by atoms with Gasteiger partial charge in [-0.1, -0.05) is 0 Å². The molecule has 0 aromatic rings. The normalized spacial score (nSPS) is 24.6. The number of imide groups is 1. The minimum Gasteiger partial charge on any atom is -0.383 e. The first-order valence-corrected chi connectivity index (χ1v) is 4.72. The Morgan fingerprint density at radius 2 is 2.36 bits per heavy atom. The van der Waals surface area contributed by atoms with Crippen LogP contribution in [0.25, 0.3) is 0 Å². The van der Waals surface area contributed by atoms with Gasteiger partial charge in [-0.25, -0.2) is 0 Å². The standard InChI is InChI=1S/C9H16N2O3/c1-6(5-14-2)10-7-3-4-8(12)11-9(7)13/h6-7,10H,3-5H2,1-2H3,(H,11,12,13). The van der Waals surface area contributed by atoms with Crippen molar-refractivity contribution in [3.63, 3.8) is 0 Å². The minimum atomic E-state index is -0.266. The van der Waals surface area contributed by atoms with E-state index in [0.717, 1.165) is 0 Å². The van der Waals surface area contributed by atoms with Crippen LogP contribution in [-0.2, 0) is 14.3 Å². The predicted octanol–water partition coefficient (Wildman–Crippen LogP) is -0.584. The first kappa shape index (κ1) is 11.1. The zero-order valence-corrected chi connectivity index (χ0v) is 8.50. The number of carbonyl (C=O) groups excluding carboxylic acids is 2. The van der Waals surface area contributed by atoms with Crippen LogP contribution < -0.4 is 10.6 Å². The molecule has 1 rings (SSSR count). The zero-order valence-electron chi connectivity index (χ0n) is 8.50. The van der Waals surface area contributed by atoms with E-state index < -0.39 is 0 Å². The number of hydrogen-bond donors (Lipinski definition) is 2. The van der Waals surface area contributed by atoms with Crippen molar-refractivity contribution in [3.8, 4) is 0 Å². The van der Waals surface area contributed by atoms with E-state index in [1.54, 1.807) is 7.11 Å². The summed E-state index contributed by atoms with van der Waals surface area (Å²) in [6, 6.07) is -0.151. The fourth-order valence-electron chi connectivity index (χ4n) is 1.49. The highest BCUT2D eigenvalue weighted by molar-refractivity contribution is 6.00. The number of rotatable bonds is 4. The Balaban J connectivity index is 2.37. The maximum atomic E-state index is 11.3. The lowest BCUT2D eigenvalue weighted by Crippen LogP contribution is -2.53. The van der Waals surface area contributed by atoms with E-state index in [4.69, 9.17) is 4.74 Å². The second kappa shape index (κ2) is 5.07. The molecule has 2 atom stereocenters. The third-order valence-corrected chi connectivity index (χ3v) is 2.14. The Bertz CT molecular complexity index is 230. The van der Waals surface area contributed by atoms with Crippen molar-refractivity contribution in [2.75, 3.05) is 13.7 Å². The quantitative estimate of drug-likeness (QED) is 0.596. The molecule has 0 spiro atoms. The summed E-state index contributed by atoms with van der Waals surface area (Å²) in [6.45, 7) is 2.49. The van der Waals surface area contributed by atoms with E-state index in [-0.39, 0.29) is 23.9 Å². The van der Waals surface area contributed by atoms with Crippen LogP contribution in [0, 0.1) is 0 Å². The van der Waals surface area contributed by atoms with Crippen molar-refractivity contribution in [3.05, 3.63) is 0 Å². The number of nitrogens with one attached hydrogen (secondary N) is 2. The Labute approximate surface area is 83.2 Å². The van der Waals surface area contributed by atoms with Gasteiger partial charge in [-0.3, -0.25) is 14.9 Å². The zero-order chi connectivity index (χ0) is 10.6. The van der Waals surface area contributed by atoms with Crippen LogP contribution in [0.1, 0.15) is 19.8 Å². The van der Waals surface area contributed by atoms with Crippen molar-refractivity contribution >= 4 is 11.8 Å². The first-order valence-electron chi connectivity index (χ1n) is 4.72. The SMILES string of the molecule is COCC(C)NC1CCC(=O)NC1=O. The number of piperidine rings is 1. The lowest BCUT2D eigenvalue weighted by molar-refractivity contribution is -0.134. The van der Waals surface area contributed by atoms with Gasteiger partial charge in [0.25, 0.3) is 0 Å². The monoisotopic (exact) mass is 200 g/mol. The van der Waals surface area contributed by atoms with Gasteiger partial charge in [0.15, 0.2) is 0 Å². The van der Waals surface area contributed by atoms with E-state index in [9.17, 15) is 9.59 Å². The fourth-order valence-corrected chi connectivity index (χ4v) is 1.49. The van der Waals surface area contributed by atoms with Crippen molar-refractivity contribution in [2.24, 2.45) is 0 Å². The molecule has 5 heteroatoms. The molecule has 0 aromatic carbocycles. The highest BCUT2D eigenvalue weighted by Crippen LogP contribution is 2.05. The molecule has 5 nitrogen and oxygen atoms in total. The molecule has 1 fully saturated rings. The van der Waals surface area contributed by atoms with Crippen LogP contribution in [0.3, 0.4) is 0 Å². The summed E-state index contributed by atoms with van der Waals surface area (Å²) in [7, 11) is 1.61. The van der Waals surface area contributed by atoms with Crippen LogP contribution in [-0.4, -0.2) is 37.6 Å². The highest BCUT2D eigenvalue weighted by Gasteiger charge is 2.27. The van der Waals surface area contributed by atoms with E-state index in [1.807, 2.05) is 6.92 Å². The molecule has 1 aliphatic heterocycles. The van der Waals surface area contributed by atoms with Gasteiger partial charge in [0.2, 0.25) is 11.8 Å². The molecular weight excluding hydrogens is 184 g/mol. The largest absolute Gasteiger partial charge is 0.383 e. The van der Waals surface area contributed by atoms with Gasteiger partial charge >= 0.3 is 0 Å². The Hall–Kier alpha value is -0.940. The summed E-state index contributed by atoms with van der Waals surface area (Å²) in [5.74, 6) is -0.420. The van der Waals surface area contributed by atoms with Gasteiger partial charge in [-0.05, 0) is 13.3 Å².